The van der Waals surface area contributed by atoms with Gasteiger partial charge in [0.15, 0.2) is 17.2 Å². The Morgan fingerprint density at radius 1 is 1.09 bits per heavy atom. The van der Waals surface area contributed by atoms with Gasteiger partial charge in [-0.15, -0.1) is 5.10 Å². The minimum Gasteiger partial charge on any atom is -0.454 e. The van der Waals surface area contributed by atoms with Crippen molar-refractivity contribution in [3.8, 4) is 17.2 Å². The van der Waals surface area contributed by atoms with E-state index in [9.17, 15) is 4.79 Å². The number of anilines is 1. The van der Waals surface area contributed by atoms with E-state index in [4.69, 9.17) is 9.47 Å². The first-order valence-corrected chi connectivity index (χ1v) is 6.98. The van der Waals surface area contributed by atoms with Gasteiger partial charge in [-0.2, -0.15) is 0 Å². The molecule has 7 heteroatoms. The van der Waals surface area contributed by atoms with E-state index in [1.54, 1.807) is 29.1 Å². The SMILES string of the molecule is O=C(Nc1ccc2c(c1)OCO2)c1cn(-c2ccccc2)nn1. The zero-order valence-electron chi connectivity index (χ0n) is 12.0. The number of nitrogens with one attached hydrogen (secondary N) is 1. The Morgan fingerprint density at radius 3 is 2.78 bits per heavy atom. The third-order valence-corrected chi connectivity index (χ3v) is 3.38. The summed E-state index contributed by atoms with van der Waals surface area (Å²) in [6.07, 6.45) is 1.58. The first-order chi connectivity index (χ1) is 11.3. The van der Waals surface area contributed by atoms with Gasteiger partial charge in [-0.05, 0) is 24.3 Å². The quantitative estimate of drug-likeness (QED) is 0.803. The number of carbonyl (C=O) groups is 1. The normalized spacial score (nSPS) is 12.2. The number of benzene rings is 2. The topological polar surface area (TPSA) is 78.3 Å². The number of rotatable bonds is 3. The van der Waals surface area contributed by atoms with Crippen LogP contribution < -0.4 is 14.8 Å². The standard InChI is InChI=1S/C16H12N4O3/c21-16(17-11-6-7-14-15(8-11)23-10-22-14)13-9-20(19-18-13)12-4-2-1-3-5-12/h1-9H,10H2,(H,17,21). The molecule has 1 aliphatic rings. The predicted octanol–water partition coefficient (Wildman–Crippen LogP) is 2.25. The molecule has 1 aliphatic heterocycles. The second-order valence-electron chi connectivity index (χ2n) is 4.91. The van der Waals surface area contributed by atoms with E-state index in [-0.39, 0.29) is 18.4 Å². The lowest BCUT2D eigenvalue weighted by molar-refractivity contribution is 0.102. The van der Waals surface area contributed by atoms with Crippen molar-refractivity contribution in [3.63, 3.8) is 0 Å². The second-order valence-corrected chi connectivity index (χ2v) is 4.91. The molecule has 1 N–H and O–H groups in total. The van der Waals surface area contributed by atoms with Crippen molar-refractivity contribution in [3.05, 3.63) is 60.4 Å². The van der Waals surface area contributed by atoms with E-state index < -0.39 is 0 Å². The van der Waals surface area contributed by atoms with Crippen molar-refractivity contribution in [2.45, 2.75) is 0 Å². The molecule has 1 amide bonds. The van der Waals surface area contributed by atoms with Gasteiger partial charge in [0, 0.05) is 11.8 Å². The number of para-hydroxylation sites is 1. The fourth-order valence-corrected chi connectivity index (χ4v) is 2.24. The summed E-state index contributed by atoms with van der Waals surface area (Å²) in [5.74, 6) is 0.930. The molecule has 23 heavy (non-hydrogen) atoms. The lowest BCUT2D eigenvalue weighted by Crippen LogP contribution is -2.12. The number of ether oxygens (including phenoxy) is 2. The molecule has 0 saturated carbocycles. The van der Waals surface area contributed by atoms with E-state index in [0.29, 0.717) is 17.2 Å². The van der Waals surface area contributed by atoms with Gasteiger partial charge in [0.1, 0.15) is 0 Å². The summed E-state index contributed by atoms with van der Waals surface area (Å²) in [5.41, 5.74) is 1.67. The third-order valence-electron chi connectivity index (χ3n) is 3.38. The van der Waals surface area contributed by atoms with Crippen LogP contribution in [0.15, 0.2) is 54.7 Å². The molecule has 2 aromatic carbocycles. The molecule has 0 fully saturated rings. The smallest absolute Gasteiger partial charge is 0.277 e. The highest BCUT2D eigenvalue weighted by atomic mass is 16.7. The fourth-order valence-electron chi connectivity index (χ4n) is 2.24. The van der Waals surface area contributed by atoms with Crippen LogP contribution in [0.2, 0.25) is 0 Å². The molecule has 7 nitrogen and oxygen atoms in total. The van der Waals surface area contributed by atoms with Crippen LogP contribution in [0.25, 0.3) is 5.69 Å². The van der Waals surface area contributed by atoms with Crippen LogP contribution in [0.1, 0.15) is 10.5 Å². The third kappa shape index (κ3) is 2.59. The van der Waals surface area contributed by atoms with E-state index >= 15 is 0 Å². The maximum absolute atomic E-state index is 12.3. The minimum atomic E-state index is -0.342. The Morgan fingerprint density at radius 2 is 1.91 bits per heavy atom. The van der Waals surface area contributed by atoms with Crippen LogP contribution in [0.5, 0.6) is 11.5 Å². The van der Waals surface area contributed by atoms with Gasteiger partial charge >= 0.3 is 0 Å². The Hall–Kier alpha value is -3.35. The predicted molar refractivity (Wildman–Crippen MR) is 81.9 cm³/mol. The van der Waals surface area contributed by atoms with Crippen LogP contribution in [0.3, 0.4) is 0 Å². The molecule has 0 saturated heterocycles. The number of nitrogens with zero attached hydrogens (tertiary/aromatic N) is 3. The maximum Gasteiger partial charge on any atom is 0.277 e. The van der Waals surface area contributed by atoms with Crippen molar-refractivity contribution < 1.29 is 14.3 Å². The molecule has 4 rings (SSSR count). The van der Waals surface area contributed by atoms with Crippen molar-refractivity contribution in [1.29, 1.82) is 0 Å². The molecule has 0 radical (unpaired) electrons. The average Bonchev–Trinajstić information content (AvgIpc) is 3.24. The summed E-state index contributed by atoms with van der Waals surface area (Å²) >= 11 is 0. The Balaban J connectivity index is 1.52. The van der Waals surface area contributed by atoms with Crippen molar-refractivity contribution in [1.82, 2.24) is 15.0 Å². The highest BCUT2D eigenvalue weighted by Gasteiger charge is 2.16. The van der Waals surface area contributed by atoms with Gasteiger partial charge in [-0.25, -0.2) is 4.68 Å². The fraction of sp³-hybridized carbons (Fsp3) is 0.0625. The first-order valence-electron chi connectivity index (χ1n) is 6.98. The van der Waals surface area contributed by atoms with Gasteiger partial charge in [-0.3, -0.25) is 4.79 Å². The molecule has 2 heterocycles. The van der Waals surface area contributed by atoms with Gasteiger partial charge in [0.2, 0.25) is 6.79 Å². The van der Waals surface area contributed by atoms with Crippen LogP contribution >= 0.6 is 0 Å². The van der Waals surface area contributed by atoms with E-state index in [1.165, 1.54) is 0 Å². The van der Waals surface area contributed by atoms with E-state index in [1.807, 2.05) is 30.3 Å². The first kappa shape index (κ1) is 13.3. The number of hydrogen-bond donors (Lipinski definition) is 1. The number of carbonyl (C=O) groups excluding carboxylic acids is 1. The molecule has 114 valence electrons. The molecule has 0 unspecified atom stereocenters. The van der Waals surface area contributed by atoms with Crippen LogP contribution in [0.4, 0.5) is 5.69 Å². The molecule has 0 bridgehead atoms. The summed E-state index contributed by atoms with van der Waals surface area (Å²) in [7, 11) is 0. The van der Waals surface area contributed by atoms with Crippen molar-refractivity contribution in [2.75, 3.05) is 12.1 Å². The molecule has 1 aromatic heterocycles. The van der Waals surface area contributed by atoms with Crippen LogP contribution in [0, 0.1) is 0 Å². The Bertz CT molecular complexity index is 861. The monoisotopic (exact) mass is 308 g/mol. The molecular formula is C16H12N4O3. The number of amides is 1. The summed E-state index contributed by atoms with van der Waals surface area (Å²) in [6, 6.07) is 14.7. The average molecular weight is 308 g/mol. The van der Waals surface area contributed by atoms with Gasteiger partial charge in [-0.1, -0.05) is 23.4 Å². The highest BCUT2D eigenvalue weighted by molar-refractivity contribution is 6.02. The number of fused-ring (bicyclic) bond motifs is 1. The van der Waals surface area contributed by atoms with E-state index in [0.717, 1.165) is 5.69 Å². The van der Waals surface area contributed by atoms with Crippen molar-refractivity contribution >= 4 is 11.6 Å². The maximum atomic E-state index is 12.3. The highest BCUT2D eigenvalue weighted by Crippen LogP contribution is 2.34. The van der Waals surface area contributed by atoms with Crippen molar-refractivity contribution in [2.24, 2.45) is 0 Å². The molecular weight excluding hydrogens is 296 g/mol. The largest absolute Gasteiger partial charge is 0.454 e. The number of hydrogen-bond acceptors (Lipinski definition) is 5. The molecule has 0 atom stereocenters. The summed E-state index contributed by atoms with van der Waals surface area (Å²) < 4.78 is 12.1. The summed E-state index contributed by atoms with van der Waals surface area (Å²) in [4.78, 5) is 12.3. The lowest BCUT2D eigenvalue weighted by Gasteiger charge is -2.04. The molecule has 0 spiro atoms. The molecule has 0 aliphatic carbocycles. The number of aromatic nitrogens is 3. The van der Waals surface area contributed by atoms with E-state index in [2.05, 4.69) is 15.6 Å². The van der Waals surface area contributed by atoms with Gasteiger partial charge in [0.25, 0.3) is 5.91 Å². The molecule has 3 aromatic rings. The summed E-state index contributed by atoms with van der Waals surface area (Å²) in [6.45, 7) is 0.193. The second kappa shape index (κ2) is 5.45. The van der Waals surface area contributed by atoms with Gasteiger partial charge < -0.3 is 14.8 Å². The zero-order valence-corrected chi connectivity index (χ0v) is 12.0. The van der Waals surface area contributed by atoms with Crippen LogP contribution in [-0.4, -0.2) is 27.7 Å². The van der Waals surface area contributed by atoms with Crippen LogP contribution in [-0.2, 0) is 0 Å². The summed E-state index contributed by atoms with van der Waals surface area (Å²) in [5, 5.41) is 10.6. The lowest BCUT2D eigenvalue weighted by atomic mass is 10.2. The Labute approximate surface area is 131 Å². The zero-order chi connectivity index (χ0) is 15.6. The van der Waals surface area contributed by atoms with Gasteiger partial charge in [0.05, 0.1) is 11.9 Å². The minimum absolute atomic E-state index is 0.193. The Kier molecular flexibility index (Phi) is 3.16.